The van der Waals surface area contributed by atoms with Gasteiger partial charge < -0.3 is 14.8 Å². The average molecular weight is 366 g/mol. The number of halogens is 2. The highest BCUT2D eigenvalue weighted by atomic mass is 35.5. The van der Waals surface area contributed by atoms with E-state index >= 15 is 0 Å². The van der Waals surface area contributed by atoms with Gasteiger partial charge in [0, 0.05) is 12.1 Å². The van der Waals surface area contributed by atoms with Gasteiger partial charge >= 0.3 is 0 Å². The third-order valence-electron chi connectivity index (χ3n) is 3.53. The van der Waals surface area contributed by atoms with Gasteiger partial charge in [0.15, 0.2) is 11.5 Å². The van der Waals surface area contributed by atoms with E-state index in [2.05, 4.69) is 5.32 Å². The Labute approximate surface area is 151 Å². The number of benzene rings is 2. The average Bonchev–Trinajstić information content (AvgIpc) is 2.60. The van der Waals surface area contributed by atoms with Crippen LogP contribution in [0, 0.1) is 5.82 Å². The molecule has 1 amide bonds. The van der Waals surface area contributed by atoms with Crippen LogP contribution in [0.15, 0.2) is 36.4 Å². The SMILES string of the molecule is CCCOc1c(Cl)cc(C(=O)NCCc2cccc(F)c2)cc1OC. The van der Waals surface area contributed by atoms with E-state index in [1.165, 1.54) is 19.2 Å². The van der Waals surface area contributed by atoms with Crippen molar-refractivity contribution in [2.75, 3.05) is 20.3 Å². The van der Waals surface area contributed by atoms with E-state index in [9.17, 15) is 9.18 Å². The number of hydrogen-bond acceptors (Lipinski definition) is 3. The first-order valence-electron chi connectivity index (χ1n) is 8.08. The lowest BCUT2D eigenvalue weighted by atomic mass is 10.1. The predicted octanol–water partition coefficient (Wildman–Crippen LogP) is 4.25. The summed E-state index contributed by atoms with van der Waals surface area (Å²) in [4.78, 5) is 12.3. The number of hydrogen-bond donors (Lipinski definition) is 1. The van der Waals surface area contributed by atoms with Gasteiger partial charge in [-0.1, -0.05) is 30.7 Å². The summed E-state index contributed by atoms with van der Waals surface area (Å²) in [7, 11) is 1.50. The second-order valence-corrected chi connectivity index (χ2v) is 5.88. The molecule has 0 saturated carbocycles. The molecule has 0 unspecified atom stereocenters. The monoisotopic (exact) mass is 365 g/mol. The summed E-state index contributed by atoms with van der Waals surface area (Å²) in [6.07, 6.45) is 1.37. The summed E-state index contributed by atoms with van der Waals surface area (Å²) in [5, 5.41) is 3.11. The Morgan fingerprint density at radius 2 is 2.08 bits per heavy atom. The topological polar surface area (TPSA) is 47.6 Å². The molecule has 0 aliphatic heterocycles. The summed E-state index contributed by atoms with van der Waals surface area (Å²) in [6.45, 7) is 2.88. The predicted molar refractivity (Wildman–Crippen MR) is 96.2 cm³/mol. The molecule has 6 heteroatoms. The van der Waals surface area contributed by atoms with Crippen molar-refractivity contribution in [2.24, 2.45) is 0 Å². The third kappa shape index (κ3) is 5.36. The molecule has 2 aromatic rings. The van der Waals surface area contributed by atoms with Crippen molar-refractivity contribution < 1.29 is 18.7 Å². The van der Waals surface area contributed by atoms with Crippen molar-refractivity contribution in [2.45, 2.75) is 19.8 Å². The summed E-state index contributed by atoms with van der Waals surface area (Å²) in [5.41, 5.74) is 1.20. The highest BCUT2D eigenvalue weighted by molar-refractivity contribution is 6.32. The van der Waals surface area contributed by atoms with Gasteiger partial charge in [-0.25, -0.2) is 4.39 Å². The molecule has 134 valence electrons. The standard InChI is InChI=1S/C19H21ClFNO3/c1-3-9-25-18-16(20)11-14(12-17(18)24-2)19(23)22-8-7-13-5-4-6-15(21)10-13/h4-6,10-12H,3,7-9H2,1-2H3,(H,22,23). The minimum absolute atomic E-state index is 0.279. The zero-order valence-electron chi connectivity index (χ0n) is 14.3. The third-order valence-corrected chi connectivity index (χ3v) is 3.81. The quantitative estimate of drug-likeness (QED) is 0.760. The number of nitrogens with one attached hydrogen (secondary N) is 1. The molecular formula is C19H21ClFNO3. The lowest BCUT2D eigenvalue weighted by Crippen LogP contribution is -2.25. The fraction of sp³-hybridized carbons (Fsp3) is 0.316. The van der Waals surface area contributed by atoms with E-state index < -0.39 is 0 Å². The molecule has 0 radical (unpaired) electrons. The summed E-state index contributed by atoms with van der Waals surface area (Å²) in [6, 6.07) is 9.44. The number of amides is 1. The van der Waals surface area contributed by atoms with Gasteiger partial charge in [0.05, 0.1) is 18.7 Å². The Hall–Kier alpha value is -2.27. The minimum atomic E-state index is -0.289. The molecule has 0 heterocycles. The molecule has 0 atom stereocenters. The molecule has 2 rings (SSSR count). The van der Waals surface area contributed by atoms with Crippen LogP contribution in [0.1, 0.15) is 29.3 Å². The molecule has 4 nitrogen and oxygen atoms in total. The molecule has 0 spiro atoms. The zero-order valence-corrected chi connectivity index (χ0v) is 15.0. The van der Waals surface area contributed by atoms with Gasteiger partial charge in [0.25, 0.3) is 5.91 Å². The van der Waals surface area contributed by atoms with Crippen LogP contribution in [0.3, 0.4) is 0 Å². The Bertz CT molecular complexity index is 737. The van der Waals surface area contributed by atoms with Gasteiger partial charge in [0.1, 0.15) is 5.82 Å². The lowest BCUT2D eigenvalue weighted by Gasteiger charge is -2.14. The van der Waals surface area contributed by atoms with Crippen molar-refractivity contribution in [1.82, 2.24) is 5.32 Å². The van der Waals surface area contributed by atoms with Gasteiger partial charge in [-0.3, -0.25) is 4.79 Å². The van der Waals surface area contributed by atoms with Gasteiger partial charge in [0.2, 0.25) is 0 Å². The van der Waals surface area contributed by atoms with Crippen LogP contribution in [0.4, 0.5) is 4.39 Å². The minimum Gasteiger partial charge on any atom is -0.493 e. The number of carbonyl (C=O) groups is 1. The number of carbonyl (C=O) groups excluding carboxylic acids is 1. The van der Waals surface area contributed by atoms with Crippen molar-refractivity contribution in [3.8, 4) is 11.5 Å². The Morgan fingerprint density at radius 1 is 1.28 bits per heavy atom. The molecule has 25 heavy (non-hydrogen) atoms. The van der Waals surface area contributed by atoms with Crippen LogP contribution in [0.25, 0.3) is 0 Å². The first-order chi connectivity index (χ1) is 12.0. The van der Waals surface area contributed by atoms with Crippen molar-refractivity contribution in [3.63, 3.8) is 0 Å². The van der Waals surface area contributed by atoms with E-state index in [0.717, 1.165) is 12.0 Å². The van der Waals surface area contributed by atoms with E-state index in [0.29, 0.717) is 41.7 Å². The highest BCUT2D eigenvalue weighted by Crippen LogP contribution is 2.36. The molecule has 0 fully saturated rings. The maximum Gasteiger partial charge on any atom is 0.251 e. The maximum atomic E-state index is 13.1. The van der Waals surface area contributed by atoms with Gasteiger partial charge in [-0.05, 0) is 42.7 Å². The normalized spacial score (nSPS) is 10.4. The number of methoxy groups -OCH3 is 1. The Balaban J connectivity index is 2.02. The zero-order chi connectivity index (χ0) is 18.2. The summed E-state index contributed by atoms with van der Waals surface area (Å²) in [5.74, 6) is 0.278. The fourth-order valence-corrected chi connectivity index (χ4v) is 2.58. The maximum absolute atomic E-state index is 13.1. The van der Waals surface area contributed by atoms with E-state index in [-0.39, 0.29) is 11.7 Å². The molecule has 2 aromatic carbocycles. The van der Waals surface area contributed by atoms with E-state index in [1.54, 1.807) is 18.2 Å². The van der Waals surface area contributed by atoms with Crippen LogP contribution in [-0.2, 0) is 6.42 Å². The molecule has 0 aromatic heterocycles. The second kappa shape index (κ2) is 9.28. The van der Waals surface area contributed by atoms with Crippen molar-refractivity contribution >= 4 is 17.5 Å². The molecule has 0 saturated heterocycles. The first kappa shape index (κ1) is 19.1. The van der Waals surface area contributed by atoms with E-state index in [1.807, 2.05) is 13.0 Å². The van der Waals surface area contributed by atoms with Crippen LogP contribution >= 0.6 is 11.6 Å². The van der Waals surface area contributed by atoms with Crippen molar-refractivity contribution in [3.05, 3.63) is 58.4 Å². The first-order valence-corrected chi connectivity index (χ1v) is 8.46. The molecule has 1 N–H and O–H groups in total. The molecule has 0 aliphatic carbocycles. The molecular weight excluding hydrogens is 345 g/mol. The number of rotatable bonds is 8. The van der Waals surface area contributed by atoms with Crippen LogP contribution < -0.4 is 14.8 Å². The van der Waals surface area contributed by atoms with Crippen molar-refractivity contribution in [1.29, 1.82) is 0 Å². The Morgan fingerprint density at radius 3 is 2.76 bits per heavy atom. The summed E-state index contributed by atoms with van der Waals surface area (Å²) >= 11 is 6.21. The van der Waals surface area contributed by atoms with Crippen LogP contribution in [0.5, 0.6) is 11.5 Å². The summed E-state index contributed by atoms with van der Waals surface area (Å²) < 4.78 is 24.0. The molecule has 0 bridgehead atoms. The largest absolute Gasteiger partial charge is 0.493 e. The molecule has 0 aliphatic rings. The second-order valence-electron chi connectivity index (χ2n) is 5.47. The fourth-order valence-electron chi connectivity index (χ4n) is 2.31. The highest BCUT2D eigenvalue weighted by Gasteiger charge is 2.15. The van der Waals surface area contributed by atoms with Crippen LogP contribution in [-0.4, -0.2) is 26.2 Å². The van der Waals surface area contributed by atoms with Gasteiger partial charge in [-0.2, -0.15) is 0 Å². The smallest absolute Gasteiger partial charge is 0.251 e. The Kier molecular flexibility index (Phi) is 7.07. The van der Waals surface area contributed by atoms with E-state index in [4.69, 9.17) is 21.1 Å². The van der Waals surface area contributed by atoms with Crippen LogP contribution in [0.2, 0.25) is 5.02 Å². The van der Waals surface area contributed by atoms with Gasteiger partial charge in [-0.15, -0.1) is 0 Å². The lowest BCUT2D eigenvalue weighted by molar-refractivity contribution is 0.0953. The number of ether oxygens (including phenoxy) is 2.